The topological polar surface area (TPSA) is 138 Å². The van der Waals surface area contributed by atoms with Crippen LogP contribution in [0.5, 0.6) is 11.5 Å². The van der Waals surface area contributed by atoms with Crippen LogP contribution < -0.4 is 10.1 Å². The highest BCUT2D eigenvalue weighted by Gasteiger charge is 2.23. The molecule has 1 amide bonds. The van der Waals surface area contributed by atoms with Crippen LogP contribution in [0.2, 0.25) is 10.0 Å². The summed E-state index contributed by atoms with van der Waals surface area (Å²) in [6.45, 7) is 3.83. The predicted molar refractivity (Wildman–Crippen MR) is 151 cm³/mol. The second-order valence-corrected chi connectivity index (χ2v) is 10.5. The number of halogens is 2. The summed E-state index contributed by atoms with van der Waals surface area (Å²) < 4.78 is 39.7. The number of rotatable bonds is 8. The van der Waals surface area contributed by atoms with Crippen molar-refractivity contribution in [3.05, 3.63) is 81.8 Å². The summed E-state index contributed by atoms with van der Waals surface area (Å²) in [7, 11) is -4.71. The molecule has 39 heavy (non-hydrogen) atoms. The molecule has 0 bridgehead atoms. The summed E-state index contributed by atoms with van der Waals surface area (Å²) in [5.41, 5.74) is 0.0899. The third-order valence-corrected chi connectivity index (χ3v) is 7.34. The largest absolute Gasteiger partial charge is 0.505 e. The maximum Gasteiger partial charge on any atom is 0.297 e. The van der Waals surface area contributed by atoms with Gasteiger partial charge in [-0.1, -0.05) is 54.4 Å². The summed E-state index contributed by atoms with van der Waals surface area (Å²) in [4.78, 5) is 12.8. The van der Waals surface area contributed by atoms with E-state index in [0.717, 1.165) is 0 Å². The number of anilines is 1. The average Bonchev–Trinajstić information content (AvgIpc) is 2.89. The zero-order valence-electron chi connectivity index (χ0n) is 20.8. The molecule has 202 valence electrons. The molecular weight excluding hydrogens is 565 g/mol. The molecule has 0 aliphatic rings. The van der Waals surface area contributed by atoms with Crippen LogP contribution in [0.3, 0.4) is 0 Å². The first kappa shape index (κ1) is 28.3. The molecule has 3 N–H and O–H groups in total. The Morgan fingerprint density at radius 3 is 2.46 bits per heavy atom. The molecule has 0 saturated carbocycles. The van der Waals surface area contributed by atoms with Crippen molar-refractivity contribution < 1.29 is 27.6 Å². The Morgan fingerprint density at radius 2 is 1.77 bits per heavy atom. The fourth-order valence-corrected chi connectivity index (χ4v) is 5.51. The highest BCUT2D eigenvalue weighted by atomic mass is 35.5. The van der Waals surface area contributed by atoms with Crippen LogP contribution in [0.25, 0.3) is 10.8 Å². The number of phenols is 1. The molecule has 0 spiro atoms. The summed E-state index contributed by atoms with van der Waals surface area (Å²) in [5.74, 6) is -0.771. The first-order valence-corrected chi connectivity index (χ1v) is 13.9. The van der Waals surface area contributed by atoms with Crippen LogP contribution >= 0.6 is 23.2 Å². The molecule has 0 atom stereocenters. The van der Waals surface area contributed by atoms with Crippen molar-refractivity contribution >= 4 is 67.1 Å². The number of aromatic hydroxyl groups is 1. The van der Waals surface area contributed by atoms with E-state index < -0.39 is 26.7 Å². The van der Waals surface area contributed by atoms with Gasteiger partial charge in [0.2, 0.25) is 0 Å². The monoisotopic (exact) mass is 587 g/mol. The number of azo groups is 1. The first-order valence-electron chi connectivity index (χ1n) is 11.7. The van der Waals surface area contributed by atoms with Crippen molar-refractivity contribution in [3.8, 4) is 11.5 Å². The number of amides is 1. The smallest absolute Gasteiger partial charge is 0.297 e. The lowest BCUT2D eigenvalue weighted by Gasteiger charge is -2.14. The van der Waals surface area contributed by atoms with Crippen LogP contribution in [-0.4, -0.2) is 30.6 Å². The molecule has 0 radical (unpaired) electrons. The first-order chi connectivity index (χ1) is 18.5. The lowest BCUT2D eigenvalue weighted by Crippen LogP contribution is -2.13. The molecule has 0 saturated heterocycles. The molecule has 0 fully saturated rings. The minimum absolute atomic E-state index is 0.0799. The third kappa shape index (κ3) is 5.99. The molecule has 0 aliphatic carbocycles. The normalized spacial score (nSPS) is 11.7. The highest BCUT2D eigenvalue weighted by Crippen LogP contribution is 2.41. The lowest BCUT2D eigenvalue weighted by molar-refractivity contribution is 0.102. The predicted octanol–water partition coefficient (Wildman–Crippen LogP) is 7.73. The van der Waals surface area contributed by atoms with Crippen molar-refractivity contribution in [3.63, 3.8) is 0 Å². The van der Waals surface area contributed by atoms with Gasteiger partial charge in [0.25, 0.3) is 16.0 Å². The van der Waals surface area contributed by atoms with E-state index in [-0.39, 0.29) is 33.9 Å². The van der Waals surface area contributed by atoms with Crippen LogP contribution in [0.4, 0.5) is 17.1 Å². The van der Waals surface area contributed by atoms with Crippen molar-refractivity contribution in [1.82, 2.24) is 0 Å². The van der Waals surface area contributed by atoms with Crippen molar-refractivity contribution in [2.24, 2.45) is 10.2 Å². The summed E-state index contributed by atoms with van der Waals surface area (Å²) in [6.07, 6.45) is 0.203. The standard InChI is InChI=1S/C27H23Cl2N3O6S/c1-3-17-20(29)10-11-21(26(17)39(35,36)37)31-32-24-18-8-6-5-7-15(18)13-19(25(24)33)27(34)30-22-14-16(28)9-12-23(22)38-4-2/h5-14,33H,3-4H2,1-2H3,(H,30,34)(H,35,36,37). The second kappa shape index (κ2) is 11.6. The van der Waals surface area contributed by atoms with E-state index in [1.807, 2.05) is 0 Å². The zero-order valence-corrected chi connectivity index (χ0v) is 23.1. The minimum Gasteiger partial charge on any atom is -0.505 e. The van der Waals surface area contributed by atoms with Gasteiger partial charge in [0.15, 0.2) is 5.75 Å². The number of fused-ring (bicyclic) bond motifs is 1. The number of ether oxygens (including phenoxy) is 1. The van der Waals surface area contributed by atoms with Crippen LogP contribution in [0.15, 0.2) is 75.8 Å². The van der Waals surface area contributed by atoms with Gasteiger partial charge in [-0.15, -0.1) is 10.2 Å². The molecule has 9 nitrogen and oxygen atoms in total. The number of carbonyl (C=O) groups excluding carboxylic acids is 1. The van der Waals surface area contributed by atoms with E-state index in [0.29, 0.717) is 33.8 Å². The van der Waals surface area contributed by atoms with Crippen LogP contribution in [0.1, 0.15) is 29.8 Å². The van der Waals surface area contributed by atoms with Gasteiger partial charge in [0, 0.05) is 15.4 Å². The Labute approximate surface area is 234 Å². The third-order valence-electron chi connectivity index (χ3n) is 5.78. The molecule has 12 heteroatoms. The van der Waals surface area contributed by atoms with Gasteiger partial charge in [-0.05, 0) is 60.7 Å². The Balaban J connectivity index is 1.85. The molecule has 4 aromatic carbocycles. The number of benzene rings is 4. The number of hydrogen-bond acceptors (Lipinski definition) is 7. The van der Waals surface area contributed by atoms with Crippen LogP contribution in [0, 0.1) is 0 Å². The SMILES string of the molecule is CCOc1ccc(Cl)cc1NC(=O)c1cc2ccccc2c(N=Nc2ccc(Cl)c(CC)c2S(=O)(=O)O)c1O. The van der Waals surface area contributed by atoms with Gasteiger partial charge in [-0.25, -0.2) is 0 Å². The number of hydrogen-bond donors (Lipinski definition) is 3. The summed E-state index contributed by atoms with van der Waals surface area (Å²) in [6, 6.07) is 15.8. The molecular formula is C27H23Cl2N3O6S. The second-order valence-electron chi connectivity index (χ2n) is 8.27. The summed E-state index contributed by atoms with van der Waals surface area (Å²) >= 11 is 12.2. The Hall–Kier alpha value is -3.70. The Morgan fingerprint density at radius 1 is 1.03 bits per heavy atom. The van der Waals surface area contributed by atoms with Gasteiger partial charge in [0.05, 0.1) is 17.9 Å². The summed E-state index contributed by atoms with van der Waals surface area (Å²) in [5, 5.41) is 23.5. The molecule has 0 aromatic heterocycles. The fraction of sp³-hybridized carbons (Fsp3) is 0.148. The lowest BCUT2D eigenvalue weighted by atomic mass is 10.0. The van der Waals surface area contributed by atoms with Gasteiger partial charge in [-0.2, -0.15) is 8.42 Å². The molecule has 0 heterocycles. The molecule has 0 unspecified atom stereocenters. The van der Waals surface area contributed by atoms with Gasteiger partial charge in [0.1, 0.15) is 22.0 Å². The number of nitrogens with zero attached hydrogens (tertiary/aromatic N) is 2. The average molecular weight is 588 g/mol. The zero-order chi connectivity index (χ0) is 28.3. The van der Waals surface area contributed by atoms with E-state index in [1.165, 1.54) is 24.3 Å². The minimum atomic E-state index is -4.71. The fourth-order valence-electron chi connectivity index (χ4n) is 4.05. The quantitative estimate of drug-likeness (QED) is 0.142. The molecule has 4 aromatic rings. The van der Waals surface area contributed by atoms with E-state index in [1.54, 1.807) is 50.2 Å². The van der Waals surface area contributed by atoms with E-state index in [4.69, 9.17) is 27.9 Å². The van der Waals surface area contributed by atoms with Gasteiger partial charge in [-0.3, -0.25) is 9.35 Å². The van der Waals surface area contributed by atoms with E-state index in [9.17, 15) is 22.9 Å². The number of phenolic OH excluding ortho intramolecular Hbond substituents is 1. The van der Waals surface area contributed by atoms with Gasteiger partial charge >= 0.3 is 0 Å². The van der Waals surface area contributed by atoms with Crippen molar-refractivity contribution in [2.45, 2.75) is 25.2 Å². The Kier molecular flexibility index (Phi) is 8.41. The molecule has 4 rings (SSSR count). The number of nitrogens with one attached hydrogen (secondary N) is 1. The van der Waals surface area contributed by atoms with Crippen molar-refractivity contribution in [1.29, 1.82) is 0 Å². The van der Waals surface area contributed by atoms with E-state index in [2.05, 4.69) is 15.5 Å². The van der Waals surface area contributed by atoms with E-state index >= 15 is 0 Å². The number of carbonyl (C=O) groups is 1. The van der Waals surface area contributed by atoms with Gasteiger partial charge < -0.3 is 15.2 Å². The highest BCUT2D eigenvalue weighted by molar-refractivity contribution is 7.86. The van der Waals surface area contributed by atoms with Crippen molar-refractivity contribution in [2.75, 3.05) is 11.9 Å². The maximum atomic E-state index is 13.3. The molecule has 0 aliphatic heterocycles. The Bertz CT molecular complexity index is 1720. The van der Waals surface area contributed by atoms with Crippen LogP contribution in [-0.2, 0) is 16.5 Å². The maximum absolute atomic E-state index is 13.3.